The van der Waals surface area contributed by atoms with Gasteiger partial charge in [0.05, 0.1) is 26.2 Å². The molecule has 1 saturated heterocycles. The van der Waals surface area contributed by atoms with Gasteiger partial charge < -0.3 is 19.3 Å². The maximum atomic E-state index is 13.5. The van der Waals surface area contributed by atoms with Crippen molar-refractivity contribution in [1.29, 1.82) is 0 Å². The fourth-order valence-corrected chi connectivity index (χ4v) is 4.03. The average molecular weight is 455 g/mol. The van der Waals surface area contributed by atoms with Crippen LogP contribution in [0.25, 0.3) is 11.4 Å². The van der Waals surface area contributed by atoms with Gasteiger partial charge in [-0.3, -0.25) is 9.69 Å². The molecule has 2 aromatic carbocycles. The Morgan fingerprint density at radius 3 is 2.79 bits per heavy atom. The number of carbonyl (C=O) groups excluding carboxylic acids is 1. The lowest BCUT2D eigenvalue weighted by atomic mass is 9.96. The number of halogens is 1. The fraction of sp³-hybridized carbons (Fsp3) is 0.375. The molecule has 1 amide bonds. The summed E-state index contributed by atoms with van der Waals surface area (Å²) >= 11 is 0. The third-order valence-electron chi connectivity index (χ3n) is 5.90. The molecule has 33 heavy (non-hydrogen) atoms. The summed E-state index contributed by atoms with van der Waals surface area (Å²) in [5, 5.41) is 6.97. The molecule has 8 nitrogen and oxygen atoms in total. The van der Waals surface area contributed by atoms with Crippen LogP contribution in [0.15, 0.2) is 47.0 Å². The van der Waals surface area contributed by atoms with Crippen LogP contribution < -0.4 is 14.8 Å². The highest BCUT2D eigenvalue weighted by Gasteiger charge is 2.31. The summed E-state index contributed by atoms with van der Waals surface area (Å²) in [7, 11) is 3.12. The Morgan fingerprint density at radius 2 is 2.03 bits per heavy atom. The van der Waals surface area contributed by atoms with Gasteiger partial charge in [0.1, 0.15) is 5.82 Å². The van der Waals surface area contributed by atoms with Crippen molar-refractivity contribution in [2.75, 3.05) is 32.6 Å². The Kier molecular flexibility index (Phi) is 6.88. The molecule has 2 atom stereocenters. The lowest BCUT2D eigenvalue weighted by Crippen LogP contribution is -2.46. The Hall–Kier alpha value is -3.46. The molecule has 0 radical (unpaired) electrons. The summed E-state index contributed by atoms with van der Waals surface area (Å²) < 4.78 is 29.6. The minimum absolute atomic E-state index is 0.00453. The molecule has 3 aromatic rings. The molecule has 0 aliphatic carbocycles. The molecular weight excluding hydrogens is 427 g/mol. The number of piperidine rings is 1. The first-order chi connectivity index (χ1) is 16.0. The van der Waals surface area contributed by atoms with Crippen LogP contribution in [0.5, 0.6) is 11.5 Å². The number of likely N-dealkylation sites (tertiary alicyclic amines) is 1. The molecule has 174 valence electrons. The van der Waals surface area contributed by atoms with Gasteiger partial charge in [-0.15, -0.1) is 0 Å². The van der Waals surface area contributed by atoms with Crippen LogP contribution >= 0.6 is 0 Å². The Morgan fingerprint density at radius 1 is 1.21 bits per heavy atom. The first-order valence-corrected chi connectivity index (χ1v) is 10.8. The molecule has 2 unspecified atom stereocenters. The zero-order valence-corrected chi connectivity index (χ0v) is 18.9. The number of methoxy groups -OCH3 is 2. The van der Waals surface area contributed by atoms with E-state index in [1.54, 1.807) is 44.6 Å². The monoisotopic (exact) mass is 454 g/mol. The van der Waals surface area contributed by atoms with Gasteiger partial charge in [0.2, 0.25) is 17.6 Å². The van der Waals surface area contributed by atoms with Crippen molar-refractivity contribution in [3.05, 3.63) is 54.2 Å². The zero-order chi connectivity index (χ0) is 23.4. The number of carbonyl (C=O) groups is 1. The van der Waals surface area contributed by atoms with Crippen LogP contribution in [0.1, 0.15) is 31.6 Å². The van der Waals surface area contributed by atoms with Gasteiger partial charge in [-0.05, 0) is 50.6 Å². The number of hydrogen-bond acceptors (Lipinski definition) is 7. The standard InChI is InChI=1S/C24H27FN4O4/c1-15(23(30)26-19-9-10-20(31-2)21(13-19)32-3)29-11-5-7-17(14-29)24-27-22(28-33-24)16-6-4-8-18(25)12-16/h4,6,8-10,12-13,15,17H,5,7,11,14H2,1-3H3,(H,26,30). The van der Waals surface area contributed by atoms with Crippen molar-refractivity contribution in [2.24, 2.45) is 0 Å². The van der Waals surface area contributed by atoms with Gasteiger partial charge in [0.15, 0.2) is 11.5 Å². The minimum atomic E-state index is -0.355. The average Bonchev–Trinajstić information content (AvgIpc) is 3.34. The first-order valence-electron chi connectivity index (χ1n) is 10.8. The molecule has 9 heteroatoms. The number of aromatic nitrogens is 2. The second-order valence-electron chi connectivity index (χ2n) is 8.04. The second-order valence-corrected chi connectivity index (χ2v) is 8.04. The van der Waals surface area contributed by atoms with Gasteiger partial charge in [0.25, 0.3) is 0 Å². The Labute approximate surface area is 191 Å². The van der Waals surface area contributed by atoms with Crippen LogP contribution in [0.2, 0.25) is 0 Å². The number of benzene rings is 2. The predicted octanol–water partition coefficient (Wildman–Crippen LogP) is 4.10. The highest BCUT2D eigenvalue weighted by molar-refractivity contribution is 5.94. The van der Waals surface area contributed by atoms with Crippen molar-refractivity contribution in [3.63, 3.8) is 0 Å². The van der Waals surface area contributed by atoms with E-state index in [2.05, 4.69) is 20.4 Å². The normalized spacial score (nSPS) is 17.4. The van der Waals surface area contributed by atoms with Crippen LogP contribution in [0.4, 0.5) is 10.1 Å². The largest absolute Gasteiger partial charge is 0.493 e. The fourth-order valence-electron chi connectivity index (χ4n) is 4.03. The van der Waals surface area contributed by atoms with Gasteiger partial charge in [-0.25, -0.2) is 4.39 Å². The lowest BCUT2D eigenvalue weighted by molar-refractivity contribution is -0.121. The molecule has 1 N–H and O–H groups in total. The van der Waals surface area contributed by atoms with Crippen LogP contribution in [-0.4, -0.2) is 54.3 Å². The minimum Gasteiger partial charge on any atom is -0.493 e. The molecule has 1 fully saturated rings. The lowest BCUT2D eigenvalue weighted by Gasteiger charge is -2.34. The van der Waals surface area contributed by atoms with Crippen molar-refractivity contribution in [1.82, 2.24) is 15.0 Å². The van der Waals surface area contributed by atoms with Crippen molar-refractivity contribution < 1.29 is 23.2 Å². The van der Waals surface area contributed by atoms with E-state index in [1.807, 2.05) is 6.92 Å². The van der Waals surface area contributed by atoms with E-state index in [9.17, 15) is 9.18 Å². The van der Waals surface area contributed by atoms with Gasteiger partial charge in [-0.1, -0.05) is 17.3 Å². The number of ether oxygens (including phenoxy) is 2. The topological polar surface area (TPSA) is 89.7 Å². The number of rotatable bonds is 7. The van der Waals surface area contributed by atoms with Crippen molar-refractivity contribution in [2.45, 2.75) is 31.7 Å². The van der Waals surface area contributed by atoms with E-state index >= 15 is 0 Å². The van der Waals surface area contributed by atoms with Crippen LogP contribution in [0.3, 0.4) is 0 Å². The van der Waals surface area contributed by atoms with E-state index < -0.39 is 0 Å². The molecular formula is C24H27FN4O4. The molecule has 2 heterocycles. The Bertz CT molecular complexity index is 1120. The van der Waals surface area contributed by atoms with Crippen LogP contribution in [0, 0.1) is 5.82 Å². The van der Waals surface area contributed by atoms with Gasteiger partial charge >= 0.3 is 0 Å². The highest BCUT2D eigenvalue weighted by atomic mass is 19.1. The predicted molar refractivity (Wildman–Crippen MR) is 121 cm³/mol. The third-order valence-corrected chi connectivity index (χ3v) is 5.90. The molecule has 0 saturated carbocycles. The summed E-state index contributed by atoms with van der Waals surface area (Å²) in [6, 6.07) is 11.0. The first kappa shape index (κ1) is 22.7. The SMILES string of the molecule is COc1ccc(NC(=O)C(C)N2CCCC(c3nc(-c4cccc(F)c4)no3)C2)cc1OC. The number of nitrogens with one attached hydrogen (secondary N) is 1. The van der Waals surface area contributed by atoms with Gasteiger partial charge in [0, 0.05) is 23.9 Å². The molecule has 1 aliphatic rings. The Balaban J connectivity index is 1.41. The molecule has 1 aromatic heterocycles. The van der Waals surface area contributed by atoms with Crippen molar-refractivity contribution >= 4 is 11.6 Å². The second kappa shape index (κ2) is 9.99. The van der Waals surface area contributed by atoms with Crippen LogP contribution in [-0.2, 0) is 4.79 Å². The van der Waals surface area contributed by atoms with E-state index in [0.29, 0.717) is 41.0 Å². The maximum absolute atomic E-state index is 13.5. The highest BCUT2D eigenvalue weighted by Crippen LogP contribution is 2.31. The maximum Gasteiger partial charge on any atom is 0.241 e. The summed E-state index contributed by atoms with van der Waals surface area (Å²) in [6.07, 6.45) is 1.78. The molecule has 4 rings (SSSR count). The van der Waals surface area contributed by atoms with E-state index in [1.165, 1.54) is 12.1 Å². The smallest absolute Gasteiger partial charge is 0.241 e. The van der Waals surface area contributed by atoms with Gasteiger partial charge in [-0.2, -0.15) is 4.98 Å². The number of amides is 1. The summed E-state index contributed by atoms with van der Waals surface area (Å²) in [4.78, 5) is 19.5. The van der Waals surface area contributed by atoms with E-state index in [4.69, 9.17) is 14.0 Å². The number of nitrogens with zero attached hydrogens (tertiary/aromatic N) is 3. The van der Waals surface area contributed by atoms with Crippen molar-refractivity contribution in [3.8, 4) is 22.9 Å². The zero-order valence-electron chi connectivity index (χ0n) is 18.9. The van der Waals surface area contributed by atoms with E-state index in [0.717, 1.165) is 19.4 Å². The molecule has 0 spiro atoms. The number of hydrogen-bond donors (Lipinski definition) is 1. The summed E-state index contributed by atoms with van der Waals surface area (Å²) in [5.74, 6) is 1.55. The van der Waals surface area contributed by atoms with E-state index in [-0.39, 0.29) is 23.7 Å². The third kappa shape index (κ3) is 5.14. The quantitative estimate of drug-likeness (QED) is 0.575. The summed E-state index contributed by atoms with van der Waals surface area (Å²) in [5.41, 5.74) is 1.20. The number of anilines is 1. The summed E-state index contributed by atoms with van der Waals surface area (Å²) in [6.45, 7) is 3.29. The molecule has 0 bridgehead atoms. The molecule has 1 aliphatic heterocycles.